The molecule has 2 heterocycles. The summed E-state index contributed by atoms with van der Waals surface area (Å²) < 4.78 is 15.8. The standard InChI is InChI=1S/C13H17N3O3/c1-9(11-5-4-6-19-11)14-7-10-12(17-2)15-8-16-13(10)18-3/h4-6,8-9,14H,7H2,1-3H3/t9-/m1/s1. The molecule has 2 rings (SSSR count). The molecule has 2 aromatic heterocycles. The number of aromatic nitrogens is 2. The maximum absolute atomic E-state index is 5.34. The van der Waals surface area contributed by atoms with Crippen LogP contribution in [0.4, 0.5) is 0 Å². The van der Waals surface area contributed by atoms with E-state index in [1.165, 1.54) is 6.33 Å². The number of hydrogen-bond acceptors (Lipinski definition) is 6. The summed E-state index contributed by atoms with van der Waals surface area (Å²) in [5.41, 5.74) is 0.783. The summed E-state index contributed by atoms with van der Waals surface area (Å²) in [5.74, 6) is 1.88. The summed E-state index contributed by atoms with van der Waals surface area (Å²) in [7, 11) is 3.14. The van der Waals surface area contributed by atoms with Gasteiger partial charge in [-0.1, -0.05) is 0 Å². The molecule has 0 saturated heterocycles. The van der Waals surface area contributed by atoms with Crippen LogP contribution in [0.5, 0.6) is 11.8 Å². The van der Waals surface area contributed by atoms with Crippen LogP contribution in [0.3, 0.4) is 0 Å². The van der Waals surface area contributed by atoms with E-state index in [1.807, 2.05) is 19.1 Å². The summed E-state index contributed by atoms with van der Waals surface area (Å²) >= 11 is 0. The van der Waals surface area contributed by atoms with Gasteiger partial charge in [-0.05, 0) is 19.1 Å². The van der Waals surface area contributed by atoms with Crippen molar-refractivity contribution in [1.82, 2.24) is 15.3 Å². The summed E-state index contributed by atoms with van der Waals surface area (Å²) in [6.45, 7) is 2.54. The highest BCUT2D eigenvalue weighted by Gasteiger charge is 2.15. The van der Waals surface area contributed by atoms with Gasteiger partial charge >= 0.3 is 0 Å². The van der Waals surface area contributed by atoms with E-state index in [1.54, 1.807) is 20.5 Å². The highest BCUT2D eigenvalue weighted by atomic mass is 16.5. The van der Waals surface area contributed by atoms with E-state index in [2.05, 4.69) is 15.3 Å². The van der Waals surface area contributed by atoms with Crippen molar-refractivity contribution in [1.29, 1.82) is 0 Å². The van der Waals surface area contributed by atoms with Gasteiger partial charge < -0.3 is 19.2 Å². The van der Waals surface area contributed by atoms with Gasteiger partial charge in [0, 0.05) is 6.54 Å². The molecule has 0 saturated carbocycles. The first-order valence-electron chi connectivity index (χ1n) is 5.95. The third kappa shape index (κ3) is 3.03. The van der Waals surface area contributed by atoms with Gasteiger partial charge in [-0.2, -0.15) is 0 Å². The average molecular weight is 263 g/mol. The van der Waals surface area contributed by atoms with Crippen molar-refractivity contribution in [3.63, 3.8) is 0 Å². The molecule has 0 spiro atoms. The van der Waals surface area contributed by atoms with Crippen molar-refractivity contribution in [3.05, 3.63) is 36.0 Å². The molecule has 1 atom stereocenters. The Morgan fingerprint density at radius 3 is 2.47 bits per heavy atom. The van der Waals surface area contributed by atoms with E-state index >= 15 is 0 Å². The number of hydrogen-bond donors (Lipinski definition) is 1. The molecule has 19 heavy (non-hydrogen) atoms. The van der Waals surface area contributed by atoms with Gasteiger partial charge in [0.15, 0.2) is 0 Å². The lowest BCUT2D eigenvalue weighted by Gasteiger charge is -2.14. The maximum atomic E-state index is 5.34. The molecule has 0 radical (unpaired) electrons. The first-order valence-corrected chi connectivity index (χ1v) is 5.95. The zero-order valence-corrected chi connectivity index (χ0v) is 11.2. The van der Waals surface area contributed by atoms with E-state index in [4.69, 9.17) is 13.9 Å². The van der Waals surface area contributed by atoms with Gasteiger partial charge in [-0.25, -0.2) is 9.97 Å². The number of nitrogens with one attached hydrogen (secondary N) is 1. The van der Waals surface area contributed by atoms with Crippen molar-refractivity contribution in [2.45, 2.75) is 19.5 Å². The van der Waals surface area contributed by atoms with E-state index in [9.17, 15) is 0 Å². The topological polar surface area (TPSA) is 69.4 Å². The Kier molecular flexibility index (Phi) is 4.35. The molecule has 2 aromatic rings. The fraction of sp³-hybridized carbons (Fsp3) is 0.385. The molecule has 6 heteroatoms. The molecule has 0 aliphatic heterocycles. The van der Waals surface area contributed by atoms with Gasteiger partial charge in [0.25, 0.3) is 0 Å². The molecule has 1 N–H and O–H groups in total. The van der Waals surface area contributed by atoms with Crippen LogP contribution in [0.25, 0.3) is 0 Å². The summed E-state index contributed by atoms with van der Waals surface area (Å²) in [6.07, 6.45) is 3.07. The second kappa shape index (κ2) is 6.19. The largest absolute Gasteiger partial charge is 0.481 e. The molecule has 0 aliphatic rings. The van der Waals surface area contributed by atoms with Crippen molar-refractivity contribution in [3.8, 4) is 11.8 Å². The molecule has 6 nitrogen and oxygen atoms in total. The fourth-order valence-corrected chi connectivity index (χ4v) is 1.78. The molecular weight excluding hydrogens is 246 g/mol. The molecular formula is C13H17N3O3. The van der Waals surface area contributed by atoms with Crippen LogP contribution in [-0.2, 0) is 6.54 Å². The number of ether oxygens (including phenoxy) is 2. The Balaban J connectivity index is 2.10. The van der Waals surface area contributed by atoms with Crippen LogP contribution < -0.4 is 14.8 Å². The van der Waals surface area contributed by atoms with Gasteiger partial charge in [0.1, 0.15) is 12.1 Å². The van der Waals surface area contributed by atoms with E-state index < -0.39 is 0 Å². The number of furan rings is 1. The summed E-state index contributed by atoms with van der Waals surface area (Å²) in [4.78, 5) is 8.14. The predicted octanol–water partition coefficient (Wildman–Crippen LogP) is 1.94. The van der Waals surface area contributed by atoms with Gasteiger partial charge in [0.2, 0.25) is 11.8 Å². The van der Waals surface area contributed by atoms with Crippen LogP contribution >= 0.6 is 0 Å². The highest BCUT2D eigenvalue weighted by Crippen LogP contribution is 2.24. The number of methoxy groups -OCH3 is 2. The van der Waals surface area contributed by atoms with Crippen molar-refractivity contribution < 1.29 is 13.9 Å². The third-order valence-electron chi connectivity index (χ3n) is 2.81. The zero-order chi connectivity index (χ0) is 13.7. The zero-order valence-electron chi connectivity index (χ0n) is 11.2. The first kappa shape index (κ1) is 13.4. The summed E-state index contributed by atoms with van der Waals surface area (Å²) in [5, 5.41) is 3.32. The quantitative estimate of drug-likeness (QED) is 0.859. The van der Waals surface area contributed by atoms with Gasteiger partial charge in [-0.15, -0.1) is 0 Å². The Hall–Kier alpha value is -2.08. The lowest BCUT2D eigenvalue weighted by Crippen LogP contribution is -2.19. The lowest BCUT2D eigenvalue weighted by atomic mass is 10.2. The maximum Gasteiger partial charge on any atom is 0.224 e. The van der Waals surface area contributed by atoms with Gasteiger partial charge in [-0.3, -0.25) is 0 Å². The van der Waals surface area contributed by atoms with Crippen LogP contribution in [0, 0.1) is 0 Å². The minimum Gasteiger partial charge on any atom is -0.481 e. The number of rotatable bonds is 6. The molecule has 0 bridgehead atoms. The highest BCUT2D eigenvalue weighted by molar-refractivity contribution is 5.34. The Morgan fingerprint density at radius 2 is 1.95 bits per heavy atom. The molecule has 0 amide bonds. The minimum absolute atomic E-state index is 0.0737. The van der Waals surface area contributed by atoms with E-state index in [-0.39, 0.29) is 6.04 Å². The molecule has 0 unspecified atom stereocenters. The van der Waals surface area contributed by atoms with Gasteiger partial charge in [0.05, 0.1) is 32.1 Å². The van der Waals surface area contributed by atoms with E-state index in [0.717, 1.165) is 11.3 Å². The fourth-order valence-electron chi connectivity index (χ4n) is 1.78. The second-order valence-electron chi connectivity index (χ2n) is 3.99. The first-order chi connectivity index (χ1) is 9.26. The molecule has 102 valence electrons. The monoisotopic (exact) mass is 263 g/mol. The normalized spacial score (nSPS) is 12.2. The Labute approximate surface area is 111 Å². The third-order valence-corrected chi connectivity index (χ3v) is 2.81. The van der Waals surface area contributed by atoms with Crippen molar-refractivity contribution in [2.24, 2.45) is 0 Å². The summed E-state index contributed by atoms with van der Waals surface area (Å²) in [6, 6.07) is 3.86. The average Bonchev–Trinajstić information content (AvgIpc) is 2.98. The Bertz CT molecular complexity index is 492. The van der Waals surface area contributed by atoms with Crippen LogP contribution in [0.1, 0.15) is 24.3 Å². The second-order valence-corrected chi connectivity index (χ2v) is 3.99. The van der Waals surface area contributed by atoms with Crippen molar-refractivity contribution >= 4 is 0 Å². The van der Waals surface area contributed by atoms with Crippen LogP contribution in [-0.4, -0.2) is 24.2 Å². The number of nitrogens with zero attached hydrogens (tertiary/aromatic N) is 2. The molecule has 0 aromatic carbocycles. The molecule has 0 aliphatic carbocycles. The Morgan fingerprint density at radius 1 is 1.26 bits per heavy atom. The van der Waals surface area contributed by atoms with Crippen molar-refractivity contribution in [2.75, 3.05) is 14.2 Å². The smallest absolute Gasteiger partial charge is 0.224 e. The SMILES string of the molecule is COc1ncnc(OC)c1CN[C@H](C)c1ccco1. The van der Waals surface area contributed by atoms with Crippen LogP contribution in [0.2, 0.25) is 0 Å². The minimum atomic E-state index is 0.0737. The molecule has 0 fully saturated rings. The van der Waals surface area contributed by atoms with E-state index in [0.29, 0.717) is 18.3 Å². The lowest BCUT2D eigenvalue weighted by molar-refractivity contribution is 0.354. The van der Waals surface area contributed by atoms with Crippen LogP contribution in [0.15, 0.2) is 29.1 Å². The predicted molar refractivity (Wildman–Crippen MR) is 69.1 cm³/mol.